The number of aryl methyl sites for hydroxylation is 1. The van der Waals surface area contributed by atoms with Crippen LogP contribution in [0, 0.1) is 5.92 Å². The molecule has 1 aromatic heterocycles. The SMILES string of the molecule is COC1c2c(CCC(=O)O)[nH]c3cccc(c23)C2=C[C@@H](C(=O)NCCCO)CN(C)[C@@H]21. The molecule has 4 N–H and O–H groups in total. The summed E-state index contributed by atoms with van der Waals surface area (Å²) in [6.45, 7) is 1.05. The zero-order valence-electron chi connectivity index (χ0n) is 17.9. The van der Waals surface area contributed by atoms with Crippen molar-refractivity contribution >= 4 is 28.4 Å². The van der Waals surface area contributed by atoms with Gasteiger partial charge < -0.3 is 25.3 Å². The van der Waals surface area contributed by atoms with Crippen LogP contribution in [0.25, 0.3) is 16.5 Å². The normalized spacial score (nSPS) is 22.8. The van der Waals surface area contributed by atoms with Crippen LogP contribution in [-0.4, -0.2) is 71.9 Å². The summed E-state index contributed by atoms with van der Waals surface area (Å²) in [5.41, 5.74) is 4.99. The third kappa shape index (κ3) is 3.86. The Labute approximate surface area is 180 Å². The molecule has 8 heteroatoms. The van der Waals surface area contributed by atoms with Crippen molar-refractivity contribution in [2.45, 2.75) is 31.4 Å². The highest BCUT2D eigenvalue weighted by atomic mass is 16.5. The first kappa shape index (κ1) is 21.5. The van der Waals surface area contributed by atoms with Crippen molar-refractivity contribution in [3.8, 4) is 0 Å². The fourth-order valence-electron chi connectivity index (χ4n) is 4.97. The molecule has 166 valence electrons. The molecular weight excluding hydrogens is 398 g/mol. The van der Waals surface area contributed by atoms with Gasteiger partial charge in [-0.1, -0.05) is 18.2 Å². The Kier molecular flexibility index (Phi) is 6.13. The lowest BCUT2D eigenvalue weighted by Crippen LogP contribution is -2.48. The monoisotopic (exact) mass is 427 g/mol. The Bertz CT molecular complexity index is 1030. The summed E-state index contributed by atoms with van der Waals surface area (Å²) in [6, 6.07) is 5.97. The number of likely N-dealkylation sites (N-methyl/N-ethyl adjacent to an activating group) is 1. The van der Waals surface area contributed by atoms with Crippen molar-refractivity contribution < 1.29 is 24.5 Å². The number of carboxylic acids is 1. The van der Waals surface area contributed by atoms with Gasteiger partial charge >= 0.3 is 5.97 Å². The molecule has 0 spiro atoms. The zero-order chi connectivity index (χ0) is 22.1. The number of benzene rings is 1. The Morgan fingerprint density at radius 3 is 2.87 bits per heavy atom. The van der Waals surface area contributed by atoms with Gasteiger partial charge in [0, 0.05) is 49.0 Å². The summed E-state index contributed by atoms with van der Waals surface area (Å²) in [7, 11) is 3.67. The number of ether oxygens (including phenoxy) is 1. The van der Waals surface area contributed by atoms with Crippen molar-refractivity contribution in [3.63, 3.8) is 0 Å². The van der Waals surface area contributed by atoms with Crippen molar-refractivity contribution in [3.05, 3.63) is 41.1 Å². The molecule has 0 saturated carbocycles. The molecule has 2 aliphatic rings. The van der Waals surface area contributed by atoms with E-state index in [1.165, 1.54) is 0 Å². The molecule has 8 nitrogen and oxygen atoms in total. The van der Waals surface area contributed by atoms with Crippen molar-refractivity contribution in [2.24, 2.45) is 5.92 Å². The van der Waals surface area contributed by atoms with Crippen LogP contribution in [-0.2, 0) is 20.7 Å². The number of carboxylic acid groups (broad SMARTS) is 1. The molecular formula is C23H29N3O5. The molecule has 0 radical (unpaired) electrons. The van der Waals surface area contributed by atoms with E-state index >= 15 is 0 Å². The Morgan fingerprint density at radius 1 is 1.35 bits per heavy atom. The average molecular weight is 428 g/mol. The van der Waals surface area contributed by atoms with Gasteiger partial charge in [-0.25, -0.2) is 0 Å². The minimum absolute atomic E-state index is 0.0465. The van der Waals surface area contributed by atoms with Crippen LogP contribution < -0.4 is 5.32 Å². The molecule has 4 rings (SSSR count). The van der Waals surface area contributed by atoms with E-state index in [0.29, 0.717) is 25.9 Å². The average Bonchev–Trinajstić information content (AvgIpc) is 3.12. The molecule has 2 aromatic rings. The van der Waals surface area contributed by atoms with E-state index in [0.717, 1.165) is 33.3 Å². The highest BCUT2D eigenvalue weighted by Crippen LogP contribution is 2.48. The van der Waals surface area contributed by atoms with Gasteiger partial charge in [0.05, 0.1) is 18.4 Å². The van der Waals surface area contributed by atoms with Gasteiger partial charge in [-0.15, -0.1) is 0 Å². The fraction of sp³-hybridized carbons (Fsp3) is 0.478. The number of aliphatic hydroxyl groups is 1. The molecule has 0 bridgehead atoms. The van der Waals surface area contributed by atoms with Crippen LogP contribution >= 0.6 is 0 Å². The maximum absolute atomic E-state index is 12.7. The number of aliphatic carboxylic acids is 1. The van der Waals surface area contributed by atoms with E-state index < -0.39 is 5.97 Å². The summed E-state index contributed by atoms with van der Waals surface area (Å²) in [5.74, 6) is -1.18. The number of aromatic amines is 1. The highest BCUT2D eigenvalue weighted by Gasteiger charge is 2.43. The number of amides is 1. The first-order chi connectivity index (χ1) is 15.0. The van der Waals surface area contributed by atoms with Crippen molar-refractivity contribution in [1.29, 1.82) is 0 Å². The molecule has 1 aliphatic heterocycles. The molecule has 31 heavy (non-hydrogen) atoms. The van der Waals surface area contributed by atoms with E-state index in [1.54, 1.807) is 7.11 Å². The Balaban J connectivity index is 1.79. The van der Waals surface area contributed by atoms with E-state index in [1.807, 2.05) is 25.3 Å². The third-order valence-corrected chi connectivity index (χ3v) is 6.30. The van der Waals surface area contributed by atoms with E-state index in [2.05, 4.69) is 21.3 Å². The second kappa shape index (κ2) is 8.82. The lowest BCUT2D eigenvalue weighted by Gasteiger charge is -2.43. The topological polar surface area (TPSA) is 115 Å². The summed E-state index contributed by atoms with van der Waals surface area (Å²) in [6.07, 6.45) is 2.77. The molecule has 2 heterocycles. The van der Waals surface area contributed by atoms with E-state index in [9.17, 15) is 14.7 Å². The predicted molar refractivity (Wildman–Crippen MR) is 117 cm³/mol. The van der Waals surface area contributed by atoms with E-state index in [4.69, 9.17) is 9.84 Å². The number of nitrogens with zero attached hydrogens (tertiary/aromatic N) is 1. The van der Waals surface area contributed by atoms with Gasteiger partial charge in [0.1, 0.15) is 6.10 Å². The highest BCUT2D eigenvalue weighted by molar-refractivity contribution is 6.00. The first-order valence-electron chi connectivity index (χ1n) is 10.6. The van der Waals surface area contributed by atoms with Crippen LogP contribution in [0.3, 0.4) is 0 Å². The summed E-state index contributed by atoms with van der Waals surface area (Å²) >= 11 is 0. The largest absolute Gasteiger partial charge is 0.481 e. The van der Waals surface area contributed by atoms with Crippen LogP contribution in [0.2, 0.25) is 0 Å². The predicted octanol–water partition coefficient (Wildman–Crippen LogP) is 1.70. The smallest absolute Gasteiger partial charge is 0.303 e. The fourth-order valence-corrected chi connectivity index (χ4v) is 4.97. The summed E-state index contributed by atoms with van der Waals surface area (Å²) < 4.78 is 5.98. The number of carbonyl (C=O) groups is 2. The van der Waals surface area contributed by atoms with Gasteiger partial charge in [0.2, 0.25) is 5.91 Å². The maximum atomic E-state index is 12.7. The number of fused-ring (bicyclic) bond motifs is 2. The van der Waals surface area contributed by atoms with Crippen LogP contribution in [0.4, 0.5) is 0 Å². The molecule has 1 amide bonds. The van der Waals surface area contributed by atoms with Gasteiger partial charge in [-0.05, 0) is 37.1 Å². The van der Waals surface area contributed by atoms with Crippen LogP contribution in [0.5, 0.6) is 0 Å². The number of methoxy groups -OCH3 is 1. The second-order valence-corrected chi connectivity index (χ2v) is 8.28. The third-order valence-electron chi connectivity index (χ3n) is 6.30. The van der Waals surface area contributed by atoms with Gasteiger partial charge in [0.25, 0.3) is 0 Å². The minimum atomic E-state index is -0.832. The number of nitrogens with one attached hydrogen (secondary N) is 2. The number of carbonyl (C=O) groups excluding carboxylic acids is 1. The molecule has 0 saturated heterocycles. The number of hydrogen-bond acceptors (Lipinski definition) is 5. The molecule has 1 aliphatic carbocycles. The number of rotatable bonds is 8. The lowest BCUT2D eigenvalue weighted by atomic mass is 9.77. The van der Waals surface area contributed by atoms with Gasteiger partial charge in [-0.3, -0.25) is 14.5 Å². The number of hydrogen-bond donors (Lipinski definition) is 4. The summed E-state index contributed by atoms with van der Waals surface area (Å²) in [5, 5.41) is 22.1. The van der Waals surface area contributed by atoms with Crippen LogP contribution in [0.15, 0.2) is 24.3 Å². The molecule has 0 fully saturated rings. The number of aromatic nitrogens is 1. The van der Waals surface area contributed by atoms with Gasteiger partial charge in [-0.2, -0.15) is 0 Å². The van der Waals surface area contributed by atoms with Crippen molar-refractivity contribution in [1.82, 2.24) is 15.2 Å². The zero-order valence-corrected chi connectivity index (χ0v) is 17.9. The second-order valence-electron chi connectivity index (χ2n) is 8.28. The molecule has 3 atom stereocenters. The molecule has 1 unspecified atom stereocenters. The molecule has 1 aromatic carbocycles. The Morgan fingerprint density at radius 2 is 2.16 bits per heavy atom. The van der Waals surface area contributed by atoms with Crippen molar-refractivity contribution in [2.75, 3.05) is 33.9 Å². The quantitative estimate of drug-likeness (QED) is 0.477. The minimum Gasteiger partial charge on any atom is -0.481 e. The van der Waals surface area contributed by atoms with E-state index in [-0.39, 0.29) is 37.0 Å². The Hall–Kier alpha value is -2.68. The number of aliphatic hydroxyl groups excluding tert-OH is 1. The van der Waals surface area contributed by atoms with Gasteiger partial charge in [0.15, 0.2) is 0 Å². The van der Waals surface area contributed by atoms with Crippen LogP contribution in [0.1, 0.15) is 35.8 Å². The maximum Gasteiger partial charge on any atom is 0.303 e. The standard InChI is InChI=1S/C23H29N3O5/c1-26-12-13(23(30)24-9-4-10-27)11-15-14-5-3-6-16-19(14)20(22(31-2)21(15)26)17(25-16)7-8-18(28)29/h3,5-6,11,13,21-22,25,27H,4,7-10,12H2,1-2H3,(H,24,30)(H,28,29)/t13-,21+,22?/m1/s1. The first-order valence-corrected chi connectivity index (χ1v) is 10.6. The number of H-pyrrole nitrogens is 1. The lowest BCUT2D eigenvalue weighted by molar-refractivity contribution is -0.137. The summed E-state index contributed by atoms with van der Waals surface area (Å²) in [4.78, 5) is 29.5.